The molecule has 4 nitrogen and oxygen atoms in total. The van der Waals surface area contributed by atoms with Crippen molar-refractivity contribution < 1.29 is 18.3 Å². The van der Waals surface area contributed by atoms with Gasteiger partial charge in [0, 0.05) is 17.3 Å². The van der Waals surface area contributed by atoms with Crippen molar-refractivity contribution in [2.75, 3.05) is 0 Å². The molecule has 0 unspecified atom stereocenters. The van der Waals surface area contributed by atoms with Gasteiger partial charge in [-0.2, -0.15) is 13.2 Å². The van der Waals surface area contributed by atoms with Crippen molar-refractivity contribution in [3.8, 4) is 22.6 Å². The Kier molecular flexibility index (Phi) is 4.56. The van der Waals surface area contributed by atoms with Crippen molar-refractivity contribution >= 4 is 22.6 Å². The van der Waals surface area contributed by atoms with Crippen molar-refractivity contribution in [2.45, 2.75) is 12.8 Å². The van der Waals surface area contributed by atoms with E-state index >= 15 is 0 Å². The summed E-state index contributed by atoms with van der Waals surface area (Å²) < 4.78 is 38.6. The summed E-state index contributed by atoms with van der Waals surface area (Å²) in [5, 5.41) is 9.56. The molecule has 4 rings (SSSR count). The second-order valence-electron chi connectivity index (χ2n) is 6.22. The van der Waals surface area contributed by atoms with Crippen LogP contribution < -0.4 is 0 Å². The summed E-state index contributed by atoms with van der Waals surface area (Å²) in [5.74, 6) is 0.468. The quantitative estimate of drug-likeness (QED) is 0.477. The highest BCUT2D eigenvalue weighted by Crippen LogP contribution is 2.32. The molecule has 142 valence electrons. The number of aliphatic hydroxyl groups excluding tert-OH is 1. The number of halogens is 4. The third-order valence-electron chi connectivity index (χ3n) is 4.32. The van der Waals surface area contributed by atoms with Gasteiger partial charge in [0.2, 0.25) is 0 Å². The van der Waals surface area contributed by atoms with E-state index in [4.69, 9.17) is 16.7 Å². The number of fused-ring (bicyclic) bond motifs is 1. The highest BCUT2D eigenvalue weighted by atomic mass is 35.5. The highest BCUT2D eigenvalue weighted by molar-refractivity contribution is 6.33. The Hall–Kier alpha value is -2.90. The first-order chi connectivity index (χ1) is 13.3. The minimum Gasteiger partial charge on any atom is -0.392 e. The van der Waals surface area contributed by atoms with Crippen molar-refractivity contribution in [3.63, 3.8) is 0 Å². The Labute approximate surface area is 162 Å². The summed E-state index contributed by atoms with van der Waals surface area (Å²) in [6.07, 6.45) is -2.86. The average molecular weight is 404 g/mol. The highest BCUT2D eigenvalue weighted by Gasteiger charge is 2.30. The lowest BCUT2D eigenvalue weighted by atomic mass is 10.1. The summed E-state index contributed by atoms with van der Waals surface area (Å²) in [6, 6.07) is 12.2. The lowest BCUT2D eigenvalue weighted by Gasteiger charge is -2.06. The minimum absolute atomic E-state index is 0.145. The normalized spacial score (nSPS) is 11.9. The molecule has 0 amide bonds. The first kappa shape index (κ1) is 18.5. The molecule has 0 atom stereocenters. The van der Waals surface area contributed by atoms with Crippen molar-refractivity contribution in [2.24, 2.45) is 0 Å². The zero-order valence-electron chi connectivity index (χ0n) is 14.3. The molecule has 0 radical (unpaired) electrons. The van der Waals surface area contributed by atoms with Crippen LogP contribution in [0.1, 0.15) is 11.1 Å². The maximum absolute atomic E-state index is 12.9. The van der Waals surface area contributed by atoms with Crippen molar-refractivity contribution in [3.05, 3.63) is 70.9 Å². The van der Waals surface area contributed by atoms with E-state index in [-0.39, 0.29) is 6.61 Å². The van der Waals surface area contributed by atoms with Crippen LogP contribution in [0.5, 0.6) is 0 Å². The van der Waals surface area contributed by atoms with Crippen LogP contribution in [-0.2, 0) is 12.8 Å². The number of nitrogens with one attached hydrogen (secondary N) is 1. The number of nitrogens with zero attached hydrogens (tertiary/aromatic N) is 2. The van der Waals surface area contributed by atoms with E-state index in [1.165, 1.54) is 6.07 Å². The van der Waals surface area contributed by atoms with Gasteiger partial charge in [0.05, 0.1) is 33.9 Å². The van der Waals surface area contributed by atoms with Gasteiger partial charge < -0.3 is 10.1 Å². The summed E-state index contributed by atoms with van der Waals surface area (Å²) in [5.41, 5.74) is 2.73. The van der Waals surface area contributed by atoms with Crippen LogP contribution in [-0.4, -0.2) is 20.1 Å². The average Bonchev–Trinajstić information content (AvgIpc) is 3.10. The zero-order valence-corrected chi connectivity index (χ0v) is 15.0. The largest absolute Gasteiger partial charge is 0.416 e. The van der Waals surface area contributed by atoms with Gasteiger partial charge in [-0.1, -0.05) is 35.9 Å². The molecule has 0 saturated carbocycles. The molecule has 0 aliphatic carbocycles. The number of aromatic nitrogens is 3. The standard InChI is InChI=1S/C20H13ClF3N3O/c21-15-7-11(10-28)9-25-18(15)12-1-3-13(4-2-12)19-26-16-6-5-14(20(22,23)24)8-17(16)27-19/h1-9,28H,10H2,(H,26,27). The molecule has 4 aromatic rings. The Balaban J connectivity index is 1.67. The monoisotopic (exact) mass is 403 g/mol. The molecule has 8 heteroatoms. The molecule has 2 aromatic heterocycles. The maximum Gasteiger partial charge on any atom is 0.416 e. The zero-order chi connectivity index (χ0) is 19.9. The van der Waals surface area contributed by atoms with E-state index in [0.717, 1.165) is 23.3 Å². The van der Waals surface area contributed by atoms with E-state index in [0.29, 0.717) is 33.1 Å². The second-order valence-corrected chi connectivity index (χ2v) is 6.63. The molecule has 0 fully saturated rings. The van der Waals surface area contributed by atoms with Crippen molar-refractivity contribution in [1.82, 2.24) is 15.0 Å². The first-order valence-corrected chi connectivity index (χ1v) is 8.66. The lowest BCUT2D eigenvalue weighted by Crippen LogP contribution is -2.04. The number of imidazole rings is 1. The summed E-state index contributed by atoms with van der Waals surface area (Å²) in [4.78, 5) is 11.6. The molecule has 28 heavy (non-hydrogen) atoms. The molecule has 0 bridgehead atoms. The number of aliphatic hydroxyl groups is 1. The van der Waals surface area contributed by atoms with Gasteiger partial charge in [-0.25, -0.2) is 4.98 Å². The first-order valence-electron chi connectivity index (χ1n) is 8.28. The summed E-state index contributed by atoms with van der Waals surface area (Å²) >= 11 is 6.22. The molecular formula is C20H13ClF3N3O. The van der Waals surface area contributed by atoms with Gasteiger partial charge in [0.1, 0.15) is 5.82 Å². The van der Waals surface area contributed by atoms with Crippen molar-refractivity contribution in [1.29, 1.82) is 0 Å². The lowest BCUT2D eigenvalue weighted by molar-refractivity contribution is -0.137. The van der Waals surface area contributed by atoms with Gasteiger partial charge in [-0.05, 0) is 29.8 Å². The second kappa shape index (κ2) is 6.92. The molecule has 2 aromatic carbocycles. The van der Waals surface area contributed by atoms with Gasteiger partial charge >= 0.3 is 6.18 Å². The molecule has 2 N–H and O–H groups in total. The number of hydrogen-bond acceptors (Lipinski definition) is 3. The molecule has 0 saturated heterocycles. The summed E-state index contributed by atoms with van der Waals surface area (Å²) in [7, 11) is 0. The molecule has 0 aliphatic rings. The van der Waals surface area contributed by atoms with Crippen LogP contribution in [0, 0.1) is 0 Å². The smallest absolute Gasteiger partial charge is 0.392 e. The topological polar surface area (TPSA) is 61.8 Å². The fourth-order valence-corrected chi connectivity index (χ4v) is 3.18. The van der Waals surface area contributed by atoms with Gasteiger partial charge in [0.25, 0.3) is 0 Å². The van der Waals surface area contributed by atoms with Crippen LogP contribution in [0.25, 0.3) is 33.7 Å². The van der Waals surface area contributed by atoms with Crippen LogP contribution in [0.4, 0.5) is 13.2 Å². The van der Waals surface area contributed by atoms with E-state index in [1.54, 1.807) is 36.5 Å². The van der Waals surface area contributed by atoms with Crippen LogP contribution in [0.3, 0.4) is 0 Å². The third kappa shape index (κ3) is 3.46. The fourth-order valence-electron chi connectivity index (χ4n) is 2.89. The predicted octanol–water partition coefficient (Wildman–Crippen LogP) is 5.46. The van der Waals surface area contributed by atoms with Gasteiger partial charge in [-0.15, -0.1) is 0 Å². The Bertz CT molecular complexity index is 1150. The third-order valence-corrected chi connectivity index (χ3v) is 4.61. The predicted molar refractivity (Wildman–Crippen MR) is 101 cm³/mol. The molecule has 0 spiro atoms. The maximum atomic E-state index is 12.9. The van der Waals surface area contributed by atoms with E-state index < -0.39 is 11.7 Å². The van der Waals surface area contributed by atoms with E-state index in [2.05, 4.69) is 15.0 Å². The SMILES string of the molecule is OCc1cnc(-c2ccc(-c3nc4ccc(C(F)(F)F)cc4[nH]3)cc2)c(Cl)c1. The molecular weight excluding hydrogens is 391 g/mol. The Morgan fingerprint density at radius 3 is 2.36 bits per heavy atom. The van der Waals surface area contributed by atoms with E-state index in [1.807, 2.05) is 0 Å². The van der Waals surface area contributed by atoms with Gasteiger partial charge in [-0.3, -0.25) is 4.98 Å². The number of rotatable bonds is 3. The minimum atomic E-state index is -4.40. The number of aromatic amines is 1. The number of hydrogen-bond donors (Lipinski definition) is 2. The van der Waals surface area contributed by atoms with E-state index in [9.17, 15) is 13.2 Å². The molecule has 0 aliphatic heterocycles. The van der Waals surface area contributed by atoms with Gasteiger partial charge in [0.15, 0.2) is 0 Å². The summed E-state index contributed by atoms with van der Waals surface area (Å²) in [6.45, 7) is -0.145. The fraction of sp³-hybridized carbons (Fsp3) is 0.100. The number of benzene rings is 2. The van der Waals surface area contributed by atoms with Crippen LogP contribution in [0.15, 0.2) is 54.7 Å². The number of H-pyrrole nitrogens is 1. The number of pyridine rings is 1. The number of alkyl halides is 3. The van der Waals surface area contributed by atoms with Crippen LogP contribution >= 0.6 is 11.6 Å². The Morgan fingerprint density at radius 2 is 1.71 bits per heavy atom. The Morgan fingerprint density at radius 1 is 1.00 bits per heavy atom. The molecule has 2 heterocycles. The van der Waals surface area contributed by atoms with Crippen LogP contribution in [0.2, 0.25) is 5.02 Å².